The molecule has 130 valence electrons. The fourth-order valence-electron chi connectivity index (χ4n) is 2.31. The molecule has 0 saturated carbocycles. The molecule has 3 aromatic rings. The third-order valence-electron chi connectivity index (χ3n) is 3.58. The van der Waals surface area contributed by atoms with Crippen LogP contribution >= 0.6 is 15.9 Å². The second-order valence-electron chi connectivity index (χ2n) is 5.24. The van der Waals surface area contributed by atoms with Crippen molar-refractivity contribution in [2.75, 3.05) is 7.11 Å². The molecular weight excluding hydrogens is 406 g/mol. The number of rotatable bonds is 6. The molecule has 0 spiro atoms. The van der Waals surface area contributed by atoms with Gasteiger partial charge in [0.25, 0.3) is 0 Å². The van der Waals surface area contributed by atoms with Crippen LogP contribution in [0.1, 0.15) is 5.56 Å². The Balaban J connectivity index is 1.76. The van der Waals surface area contributed by atoms with Crippen LogP contribution in [0, 0.1) is 0 Å². The molecular formula is C17H16BrN3O3S. The van der Waals surface area contributed by atoms with E-state index in [1.54, 1.807) is 16.9 Å². The number of hydrogen-bond donors (Lipinski definition) is 1. The maximum absolute atomic E-state index is 12.5. The van der Waals surface area contributed by atoms with Gasteiger partial charge in [-0.15, -0.1) is 0 Å². The molecule has 0 radical (unpaired) electrons. The molecule has 0 unspecified atom stereocenters. The molecule has 0 aliphatic rings. The molecule has 1 N–H and O–H groups in total. The summed E-state index contributed by atoms with van der Waals surface area (Å²) in [6.45, 7) is 0.182. The Morgan fingerprint density at radius 1 is 1.20 bits per heavy atom. The van der Waals surface area contributed by atoms with Crippen molar-refractivity contribution in [2.24, 2.45) is 0 Å². The van der Waals surface area contributed by atoms with Crippen LogP contribution in [0.3, 0.4) is 0 Å². The number of sulfonamides is 1. The maximum Gasteiger partial charge on any atom is 0.240 e. The van der Waals surface area contributed by atoms with Crippen molar-refractivity contribution in [1.29, 1.82) is 0 Å². The second kappa shape index (κ2) is 7.38. The molecule has 1 aromatic heterocycles. The fourth-order valence-corrected chi connectivity index (χ4v) is 4.04. The van der Waals surface area contributed by atoms with Gasteiger partial charge in [0, 0.05) is 18.9 Å². The first-order valence-corrected chi connectivity index (χ1v) is 9.69. The molecule has 0 bridgehead atoms. The van der Waals surface area contributed by atoms with Gasteiger partial charge in [0.2, 0.25) is 10.0 Å². The van der Waals surface area contributed by atoms with E-state index < -0.39 is 10.0 Å². The van der Waals surface area contributed by atoms with Crippen molar-refractivity contribution in [3.63, 3.8) is 0 Å². The van der Waals surface area contributed by atoms with Crippen molar-refractivity contribution in [3.8, 4) is 11.4 Å². The van der Waals surface area contributed by atoms with Crippen LogP contribution < -0.4 is 9.46 Å². The fraction of sp³-hybridized carbons (Fsp3) is 0.118. The summed E-state index contributed by atoms with van der Waals surface area (Å²) in [7, 11) is -2.10. The van der Waals surface area contributed by atoms with E-state index in [9.17, 15) is 8.42 Å². The van der Waals surface area contributed by atoms with Crippen LogP contribution in [0.2, 0.25) is 0 Å². The number of methoxy groups -OCH3 is 1. The zero-order chi connectivity index (χ0) is 17.9. The average molecular weight is 422 g/mol. The van der Waals surface area contributed by atoms with Gasteiger partial charge in [0.1, 0.15) is 5.75 Å². The summed E-state index contributed by atoms with van der Waals surface area (Å²) in [5.41, 5.74) is 1.71. The molecule has 0 aliphatic heterocycles. The Hall–Kier alpha value is -2.16. The van der Waals surface area contributed by atoms with Crippen LogP contribution in [0.15, 0.2) is 70.3 Å². The highest BCUT2D eigenvalue weighted by molar-refractivity contribution is 9.10. The molecule has 2 aromatic carbocycles. The van der Waals surface area contributed by atoms with Gasteiger partial charge in [-0.25, -0.2) is 17.8 Å². The lowest BCUT2D eigenvalue weighted by Gasteiger charge is -2.10. The second-order valence-corrected chi connectivity index (χ2v) is 7.86. The number of aromatic nitrogens is 2. The predicted molar refractivity (Wildman–Crippen MR) is 98.3 cm³/mol. The van der Waals surface area contributed by atoms with Gasteiger partial charge in [-0.3, -0.25) is 0 Å². The topological polar surface area (TPSA) is 73.2 Å². The predicted octanol–water partition coefficient (Wildman–Crippen LogP) is 3.12. The summed E-state index contributed by atoms with van der Waals surface area (Å²) >= 11 is 3.30. The van der Waals surface area contributed by atoms with Gasteiger partial charge < -0.3 is 4.74 Å². The first-order valence-electron chi connectivity index (χ1n) is 7.42. The third kappa shape index (κ3) is 4.09. The summed E-state index contributed by atoms with van der Waals surface area (Å²) in [4.78, 5) is 0.170. The molecule has 0 atom stereocenters. The van der Waals surface area contributed by atoms with E-state index in [0.717, 1.165) is 11.3 Å². The molecule has 0 saturated heterocycles. The molecule has 0 aliphatic carbocycles. The minimum absolute atomic E-state index is 0.170. The summed E-state index contributed by atoms with van der Waals surface area (Å²) < 4.78 is 35.0. The van der Waals surface area contributed by atoms with Crippen LogP contribution in [0.25, 0.3) is 5.69 Å². The Morgan fingerprint density at radius 2 is 2.04 bits per heavy atom. The highest BCUT2D eigenvalue weighted by Gasteiger charge is 2.15. The lowest BCUT2D eigenvalue weighted by molar-refractivity contribution is 0.411. The van der Waals surface area contributed by atoms with Crippen LogP contribution in [0.5, 0.6) is 5.75 Å². The van der Waals surface area contributed by atoms with Crippen molar-refractivity contribution in [2.45, 2.75) is 11.4 Å². The van der Waals surface area contributed by atoms with Gasteiger partial charge in [-0.2, -0.15) is 5.10 Å². The van der Waals surface area contributed by atoms with E-state index in [4.69, 9.17) is 4.74 Å². The zero-order valence-corrected chi connectivity index (χ0v) is 15.8. The van der Waals surface area contributed by atoms with Crippen molar-refractivity contribution >= 4 is 26.0 Å². The number of benzene rings is 2. The molecule has 0 amide bonds. The largest absolute Gasteiger partial charge is 0.496 e. The van der Waals surface area contributed by atoms with Crippen LogP contribution in [0.4, 0.5) is 0 Å². The molecule has 6 nitrogen and oxygen atoms in total. The molecule has 1 heterocycles. The van der Waals surface area contributed by atoms with Gasteiger partial charge in [-0.1, -0.05) is 12.1 Å². The maximum atomic E-state index is 12.5. The summed E-state index contributed by atoms with van der Waals surface area (Å²) in [5.74, 6) is 0.575. The number of nitrogens with zero attached hydrogens (tertiary/aromatic N) is 2. The Morgan fingerprint density at radius 3 is 2.72 bits per heavy atom. The van der Waals surface area contributed by atoms with Gasteiger partial charge in [-0.05, 0) is 57.9 Å². The van der Waals surface area contributed by atoms with Gasteiger partial charge in [0.15, 0.2) is 0 Å². The van der Waals surface area contributed by atoms with Crippen molar-refractivity contribution < 1.29 is 13.2 Å². The van der Waals surface area contributed by atoms with E-state index in [1.165, 1.54) is 19.2 Å². The first-order chi connectivity index (χ1) is 12.0. The van der Waals surface area contributed by atoms with E-state index in [2.05, 4.69) is 25.8 Å². The van der Waals surface area contributed by atoms with E-state index >= 15 is 0 Å². The van der Waals surface area contributed by atoms with Crippen molar-refractivity contribution in [1.82, 2.24) is 14.5 Å². The van der Waals surface area contributed by atoms with E-state index in [-0.39, 0.29) is 11.4 Å². The standard InChI is InChI=1S/C17H16BrN3O3S/c1-24-17-7-6-15(11-16(17)18)25(22,23)20-12-13-4-2-5-14(10-13)21-9-3-8-19-21/h2-11,20H,12H2,1H3. The number of hydrogen-bond acceptors (Lipinski definition) is 4. The van der Waals surface area contributed by atoms with Crippen molar-refractivity contribution in [3.05, 3.63) is 71.0 Å². The molecule has 0 fully saturated rings. The minimum atomic E-state index is -3.63. The quantitative estimate of drug-likeness (QED) is 0.663. The zero-order valence-electron chi connectivity index (χ0n) is 13.4. The first kappa shape index (κ1) is 17.7. The number of ether oxygens (including phenoxy) is 1. The highest BCUT2D eigenvalue weighted by atomic mass is 79.9. The Bertz CT molecular complexity index is 973. The van der Waals surface area contributed by atoms with Gasteiger partial charge >= 0.3 is 0 Å². The average Bonchev–Trinajstić information content (AvgIpc) is 3.15. The smallest absolute Gasteiger partial charge is 0.240 e. The summed E-state index contributed by atoms with van der Waals surface area (Å²) in [6.07, 6.45) is 3.52. The number of halogens is 1. The van der Waals surface area contributed by atoms with E-state index in [1.807, 2.05) is 36.5 Å². The monoisotopic (exact) mass is 421 g/mol. The van der Waals surface area contributed by atoms with Crippen LogP contribution in [-0.2, 0) is 16.6 Å². The van der Waals surface area contributed by atoms with Gasteiger partial charge in [0.05, 0.1) is 22.2 Å². The number of nitrogens with one attached hydrogen (secondary N) is 1. The third-order valence-corrected chi connectivity index (χ3v) is 5.60. The Labute approximate surface area is 154 Å². The lowest BCUT2D eigenvalue weighted by atomic mass is 10.2. The normalized spacial score (nSPS) is 11.4. The molecule has 8 heteroatoms. The minimum Gasteiger partial charge on any atom is -0.496 e. The summed E-state index contributed by atoms with van der Waals surface area (Å²) in [5, 5.41) is 4.17. The lowest BCUT2D eigenvalue weighted by Crippen LogP contribution is -2.23. The Kier molecular flexibility index (Phi) is 5.22. The molecule has 3 rings (SSSR count). The highest BCUT2D eigenvalue weighted by Crippen LogP contribution is 2.27. The molecule has 25 heavy (non-hydrogen) atoms. The van der Waals surface area contributed by atoms with E-state index in [0.29, 0.717) is 10.2 Å². The summed E-state index contributed by atoms with van der Waals surface area (Å²) in [6, 6.07) is 14.0. The van der Waals surface area contributed by atoms with Crippen LogP contribution in [-0.4, -0.2) is 25.3 Å². The SMILES string of the molecule is COc1ccc(S(=O)(=O)NCc2cccc(-n3cccn3)c2)cc1Br.